The molecule has 0 aliphatic carbocycles. The van der Waals surface area contributed by atoms with Gasteiger partial charge in [-0.05, 0) is 55.0 Å². The summed E-state index contributed by atoms with van der Waals surface area (Å²) in [6.45, 7) is 3.17. The highest BCUT2D eigenvalue weighted by atomic mass is 19.1. The molecule has 168 valence electrons. The van der Waals surface area contributed by atoms with Crippen LogP contribution >= 0.6 is 0 Å². The Morgan fingerprint density at radius 2 is 1.82 bits per heavy atom. The second kappa shape index (κ2) is 8.34. The molecule has 3 aromatic heterocycles. The molecule has 1 aromatic carbocycles. The largest absolute Gasteiger partial charge is 0.383 e. The molecule has 0 atom stereocenters. The van der Waals surface area contributed by atoms with E-state index in [2.05, 4.69) is 4.98 Å². The van der Waals surface area contributed by atoms with Crippen LogP contribution in [0.1, 0.15) is 33.5 Å². The van der Waals surface area contributed by atoms with Crippen LogP contribution in [0.25, 0.3) is 11.0 Å². The zero-order valence-corrected chi connectivity index (χ0v) is 18.4. The van der Waals surface area contributed by atoms with Crippen LogP contribution in [-0.2, 0) is 6.54 Å². The highest BCUT2D eigenvalue weighted by Crippen LogP contribution is 2.23. The number of aryl methyl sites for hydroxylation is 1. The zero-order valence-electron chi connectivity index (χ0n) is 18.4. The van der Waals surface area contributed by atoms with Gasteiger partial charge >= 0.3 is 0 Å². The van der Waals surface area contributed by atoms with Crippen molar-refractivity contribution < 1.29 is 14.0 Å². The molecular weight excluding hydrogens is 425 g/mol. The molecule has 0 saturated heterocycles. The summed E-state index contributed by atoms with van der Waals surface area (Å²) >= 11 is 0. The number of aromatic nitrogens is 3. The van der Waals surface area contributed by atoms with Gasteiger partial charge in [0.05, 0.1) is 17.6 Å². The Morgan fingerprint density at radius 1 is 1.12 bits per heavy atom. The van der Waals surface area contributed by atoms with Crippen molar-refractivity contribution in [3.63, 3.8) is 0 Å². The molecule has 0 fully saturated rings. The van der Waals surface area contributed by atoms with Gasteiger partial charge in [-0.3, -0.25) is 23.5 Å². The Labute approximate surface area is 188 Å². The lowest BCUT2D eigenvalue weighted by atomic mass is 10.2. The van der Waals surface area contributed by atoms with E-state index in [1.54, 1.807) is 26.1 Å². The summed E-state index contributed by atoms with van der Waals surface area (Å²) in [4.78, 5) is 44.2. The van der Waals surface area contributed by atoms with Crippen LogP contribution in [0.3, 0.4) is 0 Å². The monoisotopic (exact) mass is 447 g/mol. The maximum Gasteiger partial charge on any atom is 0.274 e. The van der Waals surface area contributed by atoms with E-state index >= 15 is 0 Å². The quantitative estimate of drug-likeness (QED) is 0.517. The van der Waals surface area contributed by atoms with Crippen molar-refractivity contribution in [1.82, 2.24) is 14.1 Å². The van der Waals surface area contributed by atoms with E-state index in [9.17, 15) is 18.8 Å². The molecule has 0 bridgehead atoms. The number of hydrogen-bond donors (Lipinski definition) is 1. The Hall–Kier alpha value is -4.27. The lowest BCUT2D eigenvalue weighted by Gasteiger charge is -2.20. The average molecular weight is 447 g/mol. The fourth-order valence-electron chi connectivity index (χ4n) is 3.76. The normalized spacial score (nSPS) is 11.0. The van der Waals surface area contributed by atoms with E-state index in [0.29, 0.717) is 28.2 Å². The number of carbonyl (C=O) groups is 2. The first kappa shape index (κ1) is 21.9. The summed E-state index contributed by atoms with van der Waals surface area (Å²) in [5.41, 5.74) is 8.42. The second-order valence-corrected chi connectivity index (χ2v) is 7.76. The summed E-state index contributed by atoms with van der Waals surface area (Å²) in [6, 6.07) is 13.3. The van der Waals surface area contributed by atoms with Gasteiger partial charge in [-0.1, -0.05) is 6.07 Å². The highest BCUT2D eigenvalue weighted by Gasteiger charge is 2.21. The van der Waals surface area contributed by atoms with Crippen molar-refractivity contribution >= 4 is 34.4 Å². The van der Waals surface area contributed by atoms with Crippen molar-refractivity contribution in [3.05, 3.63) is 87.7 Å². The predicted molar refractivity (Wildman–Crippen MR) is 124 cm³/mol. The van der Waals surface area contributed by atoms with E-state index in [1.807, 2.05) is 0 Å². The van der Waals surface area contributed by atoms with Gasteiger partial charge in [0.2, 0.25) is 5.91 Å². The van der Waals surface area contributed by atoms with Gasteiger partial charge in [0, 0.05) is 31.4 Å². The predicted octanol–water partition coefficient (Wildman–Crippen LogP) is 3.21. The third-order valence-corrected chi connectivity index (χ3v) is 5.51. The number of rotatable bonds is 4. The Morgan fingerprint density at radius 3 is 2.48 bits per heavy atom. The van der Waals surface area contributed by atoms with Gasteiger partial charge in [0.1, 0.15) is 17.3 Å². The van der Waals surface area contributed by atoms with Gasteiger partial charge in [0.15, 0.2) is 0 Å². The van der Waals surface area contributed by atoms with Gasteiger partial charge in [-0.15, -0.1) is 0 Å². The molecule has 0 unspecified atom stereocenters. The number of benzene rings is 1. The first-order valence-electron chi connectivity index (χ1n) is 10.2. The molecule has 33 heavy (non-hydrogen) atoms. The Balaban J connectivity index is 1.80. The van der Waals surface area contributed by atoms with Crippen LogP contribution < -0.4 is 16.2 Å². The van der Waals surface area contributed by atoms with E-state index in [4.69, 9.17) is 5.73 Å². The maximum atomic E-state index is 13.3. The van der Waals surface area contributed by atoms with Crippen molar-refractivity contribution in [2.75, 3.05) is 17.7 Å². The minimum atomic E-state index is -0.456. The summed E-state index contributed by atoms with van der Waals surface area (Å²) in [5.74, 6) is -0.782. The van der Waals surface area contributed by atoms with Crippen LogP contribution in [0.2, 0.25) is 0 Å². The van der Waals surface area contributed by atoms with E-state index < -0.39 is 17.3 Å². The van der Waals surface area contributed by atoms with Crippen LogP contribution in [0.5, 0.6) is 0 Å². The molecule has 0 spiro atoms. The molecule has 9 heteroatoms. The van der Waals surface area contributed by atoms with Crippen LogP contribution in [-0.4, -0.2) is 33.0 Å². The lowest BCUT2D eigenvalue weighted by molar-refractivity contribution is 0.0938. The van der Waals surface area contributed by atoms with Crippen LogP contribution in [0, 0.1) is 12.7 Å². The number of amides is 1. The molecule has 0 radical (unpaired) electrons. The topological polar surface area (TPSA) is 103 Å². The smallest absolute Gasteiger partial charge is 0.274 e. The molecule has 4 rings (SSSR count). The van der Waals surface area contributed by atoms with Crippen LogP contribution in [0.15, 0.2) is 59.4 Å². The number of nitrogens with zero attached hydrogens (tertiary/aromatic N) is 4. The van der Waals surface area contributed by atoms with Crippen molar-refractivity contribution in [3.8, 4) is 0 Å². The van der Waals surface area contributed by atoms with Gasteiger partial charge in [-0.2, -0.15) is 0 Å². The Bertz CT molecular complexity index is 1450. The maximum absolute atomic E-state index is 13.3. The van der Waals surface area contributed by atoms with Crippen molar-refractivity contribution in [2.24, 2.45) is 0 Å². The Kier molecular flexibility index (Phi) is 5.55. The zero-order chi connectivity index (χ0) is 23.9. The lowest BCUT2D eigenvalue weighted by Crippen LogP contribution is -2.34. The number of pyridine rings is 2. The first-order valence-corrected chi connectivity index (χ1v) is 10.2. The molecule has 1 amide bonds. The SMILES string of the molecule is CC(=O)n1c(Cn2c(C(=O)N(C)c3ccc(F)cc3)cccc2=O)cc2nc(N)c(C)cc21. The van der Waals surface area contributed by atoms with E-state index in [0.717, 1.165) is 5.56 Å². The van der Waals surface area contributed by atoms with Gasteiger partial charge < -0.3 is 10.6 Å². The summed E-state index contributed by atoms with van der Waals surface area (Å²) < 4.78 is 16.0. The number of halogens is 1. The number of nitrogens with two attached hydrogens (primary N) is 1. The fourth-order valence-corrected chi connectivity index (χ4v) is 3.76. The third kappa shape index (κ3) is 4.00. The van der Waals surface area contributed by atoms with E-state index in [-0.39, 0.29) is 18.1 Å². The molecule has 4 aromatic rings. The molecule has 3 heterocycles. The van der Waals surface area contributed by atoms with E-state index in [1.165, 1.54) is 63.4 Å². The van der Waals surface area contributed by atoms with Crippen molar-refractivity contribution in [2.45, 2.75) is 20.4 Å². The van der Waals surface area contributed by atoms with Gasteiger partial charge in [0.25, 0.3) is 11.5 Å². The number of nitrogen functional groups attached to an aromatic ring is 1. The summed E-state index contributed by atoms with van der Waals surface area (Å²) in [5, 5.41) is 0. The molecule has 2 N–H and O–H groups in total. The van der Waals surface area contributed by atoms with Crippen LogP contribution in [0.4, 0.5) is 15.9 Å². The molecule has 0 saturated carbocycles. The highest BCUT2D eigenvalue weighted by molar-refractivity contribution is 6.04. The summed E-state index contributed by atoms with van der Waals surface area (Å²) in [6.07, 6.45) is 0. The minimum absolute atomic E-state index is 0.0348. The minimum Gasteiger partial charge on any atom is -0.383 e. The second-order valence-electron chi connectivity index (χ2n) is 7.76. The number of fused-ring (bicyclic) bond motifs is 1. The number of anilines is 2. The van der Waals surface area contributed by atoms with Crippen molar-refractivity contribution in [1.29, 1.82) is 0 Å². The molecule has 0 aliphatic rings. The standard InChI is InChI=1S/C24H22FN5O3/c1-14-11-21-19(27-23(14)26)12-18(30(21)15(2)31)13-29-20(5-4-6-22(29)32)24(33)28(3)17-9-7-16(25)8-10-17/h4-12H,13H2,1-3H3,(H2,26,27). The number of hydrogen-bond acceptors (Lipinski definition) is 5. The summed E-state index contributed by atoms with van der Waals surface area (Å²) in [7, 11) is 1.54. The third-order valence-electron chi connectivity index (χ3n) is 5.51. The molecule has 0 aliphatic heterocycles. The molecule has 8 nitrogen and oxygen atoms in total. The first-order chi connectivity index (χ1) is 15.7. The molecular formula is C24H22FN5O3. The fraction of sp³-hybridized carbons (Fsp3) is 0.167. The number of carbonyl (C=O) groups excluding carboxylic acids is 2. The van der Waals surface area contributed by atoms with Gasteiger partial charge in [-0.25, -0.2) is 9.37 Å². The average Bonchev–Trinajstić information content (AvgIpc) is 3.11.